The van der Waals surface area contributed by atoms with E-state index in [1.165, 1.54) is 12.1 Å². The van der Waals surface area contributed by atoms with E-state index >= 15 is 0 Å². The van der Waals surface area contributed by atoms with Crippen LogP contribution in [0.25, 0.3) is 33.5 Å². The summed E-state index contributed by atoms with van der Waals surface area (Å²) in [7, 11) is -8.66. The molecule has 0 aliphatic carbocycles. The van der Waals surface area contributed by atoms with Gasteiger partial charge in [-0.2, -0.15) is 5.21 Å². The lowest BCUT2D eigenvalue weighted by atomic mass is 9.96. The van der Waals surface area contributed by atoms with Crippen LogP contribution < -0.4 is 16.6 Å². The zero-order chi connectivity index (χ0) is 23.3. The summed E-state index contributed by atoms with van der Waals surface area (Å²) in [4.78, 5) is 6.07. The summed E-state index contributed by atoms with van der Waals surface area (Å²) in [6.45, 7) is 1.63. The van der Waals surface area contributed by atoms with Crippen LogP contribution in [0.5, 0.6) is 0 Å². The molecule has 0 bridgehead atoms. The first-order valence-corrected chi connectivity index (χ1v) is 12.4. The number of nitrogens with zero attached hydrogens (tertiary/aromatic N) is 4. The van der Waals surface area contributed by atoms with Crippen molar-refractivity contribution in [2.75, 3.05) is 18.0 Å². The Morgan fingerprint density at radius 2 is 1.78 bits per heavy atom. The third kappa shape index (κ3) is 3.60. The Labute approximate surface area is 182 Å². The average Bonchev–Trinajstić information content (AvgIpc) is 3.36. The van der Waals surface area contributed by atoms with Gasteiger partial charge in [-0.25, -0.2) is 27.0 Å². The van der Waals surface area contributed by atoms with Crippen LogP contribution in [0.2, 0.25) is 0 Å². The molecule has 4 rings (SSSR count). The number of benzene rings is 2. The SMILES string of the molecule is Cc1ccc(-c2ccc(S(=O)(=O)CCN)c(S(N)(=O)=O)c2-c2nn[nH]n2)c2[nH]c(N)nc12. The summed E-state index contributed by atoms with van der Waals surface area (Å²) in [5, 5.41) is 19.0. The molecule has 15 heteroatoms. The molecule has 0 unspecified atom stereocenters. The van der Waals surface area contributed by atoms with Crippen molar-refractivity contribution in [1.82, 2.24) is 30.6 Å². The molecule has 168 valence electrons. The third-order valence-electron chi connectivity index (χ3n) is 4.85. The largest absolute Gasteiger partial charge is 0.369 e. The fourth-order valence-corrected chi connectivity index (χ4v) is 6.29. The minimum Gasteiger partial charge on any atom is -0.369 e. The lowest BCUT2D eigenvalue weighted by Gasteiger charge is -2.16. The van der Waals surface area contributed by atoms with Gasteiger partial charge in [0.05, 0.1) is 27.2 Å². The average molecular weight is 478 g/mol. The van der Waals surface area contributed by atoms with E-state index in [2.05, 4.69) is 30.6 Å². The number of H-pyrrole nitrogens is 2. The van der Waals surface area contributed by atoms with Gasteiger partial charge in [-0.1, -0.05) is 18.2 Å². The molecular weight excluding hydrogens is 458 g/mol. The van der Waals surface area contributed by atoms with Crippen LogP contribution in [-0.2, 0) is 19.9 Å². The van der Waals surface area contributed by atoms with E-state index in [-0.39, 0.29) is 29.4 Å². The molecular formula is C17H19N9O4S2. The summed E-state index contributed by atoms with van der Waals surface area (Å²) in [6.07, 6.45) is 0. The molecule has 0 aliphatic heterocycles. The molecule has 2 aromatic carbocycles. The number of nitrogen functional groups attached to an aromatic ring is 1. The number of aromatic amines is 2. The van der Waals surface area contributed by atoms with Gasteiger partial charge < -0.3 is 16.5 Å². The number of primary sulfonamides is 1. The fraction of sp³-hybridized carbons (Fsp3) is 0.176. The van der Waals surface area contributed by atoms with Crippen molar-refractivity contribution >= 4 is 36.8 Å². The molecule has 4 aromatic rings. The number of anilines is 1. The van der Waals surface area contributed by atoms with E-state index in [1.54, 1.807) is 12.1 Å². The summed E-state index contributed by atoms with van der Waals surface area (Å²) in [5.74, 6) is -0.479. The van der Waals surface area contributed by atoms with E-state index in [4.69, 9.17) is 16.6 Å². The van der Waals surface area contributed by atoms with Crippen molar-refractivity contribution in [1.29, 1.82) is 0 Å². The summed E-state index contributed by atoms with van der Waals surface area (Å²) < 4.78 is 51.0. The first kappa shape index (κ1) is 21.8. The van der Waals surface area contributed by atoms with Gasteiger partial charge in [0.2, 0.25) is 15.8 Å². The molecule has 13 nitrogen and oxygen atoms in total. The number of aromatic nitrogens is 6. The minimum atomic E-state index is -4.57. The molecule has 2 aromatic heterocycles. The standard InChI is InChI=1S/C17H19N9O4S2/c1-8-2-3-10(14-13(8)21-17(19)22-14)9-4-5-11(31(27,28)7-6-18)15(32(20,29)30)12(9)16-23-25-26-24-16/h2-5H,6-7,18H2,1H3,(H3,19,21,22)(H2,20,29,30)(H,23,24,25,26). The molecule has 8 N–H and O–H groups in total. The molecule has 0 radical (unpaired) electrons. The Kier molecular flexibility index (Phi) is 5.20. The lowest BCUT2D eigenvalue weighted by molar-refractivity contribution is 0.583. The molecule has 0 saturated heterocycles. The highest BCUT2D eigenvalue weighted by atomic mass is 32.2. The van der Waals surface area contributed by atoms with E-state index in [0.717, 1.165) is 5.56 Å². The van der Waals surface area contributed by atoms with E-state index in [9.17, 15) is 16.8 Å². The van der Waals surface area contributed by atoms with E-state index < -0.39 is 35.4 Å². The van der Waals surface area contributed by atoms with Gasteiger partial charge in [-0.05, 0) is 29.3 Å². The van der Waals surface area contributed by atoms with E-state index in [0.29, 0.717) is 16.6 Å². The Morgan fingerprint density at radius 3 is 2.41 bits per heavy atom. The third-order valence-corrected chi connectivity index (χ3v) is 7.76. The number of nitrogens with two attached hydrogens (primary N) is 3. The van der Waals surface area contributed by atoms with Crippen LogP contribution >= 0.6 is 0 Å². The quantitative estimate of drug-likeness (QED) is 0.243. The second-order valence-corrected chi connectivity index (χ2v) is 10.6. The Bertz CT molecular complexity index is 1540. The van der Waals surface area contributed by atoms with Crippen molar-refractivity contribution < 1.29 is 16.8 Å². The molecule has 0 spiro atoms. The number of hydrogen-bond donors (Lipinski definition) is 5. The van der Waals surface area contributed by atoms with Gasteiger partial charge in [0.1, 0.15) is 4.90 Å². The van der Waals surface area contributed by atoms with Gasteiger partial charge >= 0.3 is 0 Å². The number of imidazole rings is 1. The molecule has 0 amide bonds. The number of hydrogen-bond acceptors (Lipinski definition) is 10. The van der Waals surface area contributed by atoms with Crippen molar-refractivity contribution in [3.8, 4) is 22.5 Å². The van der Waals surface area contributed by atoms with Crippen molar-refractivity contribution in [2.24, 2.45) is 10.9 Å². The van der Waals surface area contributed by atoms with Crippen LogP contribution in [0.15, 0.2) is 34.1 Å². The smallest absolute Gasteiger partial charge is 0.240 e. The van der Waals surface area contributed by atoms with Crippen molar-refractivity contribution in [3.63, 3.8) is 0 Å². The van der Waals surface area contributed by atoms with Crippen LogP contribution in [0.4, 0.5) is 5.95 Å². The molecule has 32 heavy (non-hydrogen) atoms. The van der Waals surface area contributed by atoms with Gasteiger partial charge in [0, 0.05) is 12.1 Å². The first-order chi connectivity index (χ1) is 15.0. The van der Waals surface area contributed by atoms with Gasteiger partial charge in [-0.15, -0.1) is 10.2 Å². The van der Waals surface area contributed by atoms with Crippen LogP contribution in [-0.4, -0.2) is 59.7 Å². The summed E-state index contributed by atoms with van der Waals surface area (Å²) in [6, 6.07) is 6.11. The Balaban J connectivity index is 2.19. The second kappa shape index (κ2) is 7.63. The molecule has 0 atom stereocenters. The van der Waals surface area contributed by atoms with Crippen LogP contribution in [0, 0.1) is 6.92 Å². The molecule has 0 fully saturated rings. The van der Waals surface area contributed by atoms with E-state index in [1.807, 2.05) is 6.92 Å². The predicted molar refractivity (Wildman–Crippen MR) is 116 cm³/mol. The lowest BCUT2D eigenvalue weighted by Crippen LogP contribution is -2.22. The van der Waals surface area contributed by atoms with Gasteiger partial charge in [0.25, 0.3) is 0 Å². The number of fused-ring (bicyclic) bond motifs is 1. The number of tetrazole rings is 1. The maximum absolute atomic E-state index is 12.8. The predicted octanol–water partition coefficient (Wildman–Crippen LogP) is -0.320. The van der Waals surface area contributed by atoms with Crippen molar-refractivity contribution in [3.05, 3.63) is 29.8 Å². The normalized spacial score (nSPS) is 12.5. The molecule has 0 aliphatic rings. The summed E-state index contributed by atoms with van der Waals surface area (Å²) >= 11 is 0. The number of aryl methyl sites for hydroxylation is 1. The Morgan fingerprint density at radius 1 is 1.06 bits per heavy atom. The second-order valence-electron chi connectivity index (χ2n) is 6.98. The topological polar surface area (TPSA) is 229 Å². The molecule has 2 heterocycles. The number of sulfonamides is 1. The number of nitrogens with one attached hydrogen (secondary N) is 2. The number of rotatable bonds is 6. The highest BCUT2D eigenvalue weighted by Gasteiger charge is 2.32. The maximum Gasteiger partial charge on any atom is 0.240 e. The number of sulfone groups is 1. The zero-order valence-corrected chi connectivity index (χ0v) is 18.3. The van der Waals surface area contributed by atoms with Crippen LogP contribution in [0.3, 0.4) is 0 Å². The highest BCUT2D eigenvalue weighted by molar-refractivity contribution is 7.93. The monoisotopic (exact) mass is 477 g/mol. The maximum atomic E-state index is 12.8. The van der Waals surface area contributed by atoms with Crippen LogP contribution in [0.1, 0.15) is 5.56 Å². The minimum absolute atomic E-state index is 0.127. The highest BCUT2D eigenvalue weighted by Crippen LogP contribution is 2.41. The van der Waals surface area contributed by atoms with Crippen molar-refractivity contribution in [2.45, 2.75) is 16.7 Å². The van der Waals surface area contributed by atoms with Gasteiger partial charge in [0.15, 0.2) is 15.8 Å². The fourth-order valence-electron chi connectivity index (χ4n) is 3.54. The first-order valence-electron chi connectivity index (χ1n) is 9.16. The Hall–Kier alpha value is -3.40. The molecule has 0 saturated carbocycles. The van der Waals surface area contributed by atoms with Gasteiger partial charge in [-0.3, -0.25) is 0 Å². The summed E-state index contributed by atoms with van der Waals surface area (Å²) in [5.41, 5.74) is 13.8. The zero-order valence-electron chi connectivity index (χ0n) is 16.7.